The van der Waals surface area contributed by atoms with E-state index in [0.29, 0.717) is 21.7 Å². The first-order valence-electron chi connectivity index (χ1n) is 8.56. The second kappa shape index (κ2) is 3.42. The fraction of sp³-hybridized carbons (Fsp3) is 1.00. The van der Waals surface area contributed by atoms with E-state index >= 15 is 0 Å². The van der Waals surface area contributed by atoms with Gasteiger partial charge in [-0.3, -0.25) is 0 Å². The van der Waals surface area contributed by atoms with Crippen LogP contribution in [0.15, 0.2) is 0 Å². The second-order valence-corrected chi connectivity index (χ2v) is 9.58. The fourth-order valence-electron chi connectivity index (χ4n) is 7.34. The molecule has 3 aliphatic rings. The van der Waals surface area contributed by atoms with Crippen LogP contribution in [0.1, 0.15) is 74.7 Å². The molecule has 7 unspecified atom stereocenters. The molecule has 0 radical (unpaired) electrons. The second-order valence-electron chi connectivity index (χ2n) is 9.58. The summed E-state index contributed by atoms with van der Waals surface area (Å²) >= 11 is 0. The zero-order chi connectivity index (χ0) is 14.4. The van der Waals surface area contributed by atoms with Gasteiger partial charge in [0.1, 0.15) is 0 Å². The van der Waals surface area contributed by atoms with Crippen molar-refractivity contribution in [1.82, 2.24) is 0 Å². The van der Waals surface area contributed by atoms with Gasteiger partial charge in [-0.15, -0.1) is 0 Å². The molecule has 3 rings (SSSR count). The van der Waals surface area contributed by atoms with Gasteiger partial charge in [-0.2, -0.15) is 0 Å². The third-order valence-corrected chi connectivity index (χ3v) is 9.49. The molecule has 0 bridgehead atoms. The van der Waals surface area contributed by atoms with Gasteiger partial charge < -0.3 is 0 Å². The van der Waals surface area contributed by atoms with Gasteiger partial charge in [0.15, 0.2) is 0 Å². The summed E-state index contributed by atoms with van der Waals surface area (Å²) < 4.78 is 0. The largest absolute Gasteiger partial charge is 0.0649 e. The number of hydrogen-bond acceptors (Lipinski definition) is 0. The highest BCUT2D eigenvalue weighted by molar-refractivity contribution is 5.27. The van der Waals surface area contributed by atoms with Gasteiger partial charge >= 0.3 is 0 Å². The van der Waals surface area contributed by atoms with Crippen LogP contribution in [0.4, 0.5) is 0 Å². The topological polar surface area (TPSA) is 0 Å². The van der Waals surface area contributed by atoms with E-state index in [1.807, 2.05) is 0 Å². The van der Waals surface area contributed by atoms with E-state index in [4.69, 9.17) is 0 Å². The minimum Gasteiger partial charge on any atom is -0.0649 e. The summed E-state index contributed by atoms with van der Waals surface area (Å²) in [5.41, 5.74) is 2.27. The summed E-state index contributed by atoms with van der Waals surface area (Å²) in [5.74, 6) is 3.80. The number of rotatable bonds is 1. The molecule has 7 atom stereocenters. The van der Waals surface area contributed by atoms with Crippen LogP contribution in [0.25, 0.3) is 0 Å². The zero-order valence-electron chi connectivity index (χ0n) is 14.4. The van der Waals surface area contributed by atoms with E-state index in [1.165, 1.54) is 19.3 Å². The van der Waals surface area contributed by atoms with Gasteiger partial charge in [-0.1, -0.05) is 61.8 Å². The van der Waals surface area contributed by atoms with E-state index in [2.05, 4.69) is 55.4 Å². The van der Waals surface area contributed by atoms with E-state index in [0.717, 1.165) is 23.7 Å². The monoisotopic (exact) mass is 262 g/mol. The Kier molecular flexibility index (Phi) is 2.51. The van der Waals surface area contributed by atoms with Crippen molar-refractivity contribution in [2.75, 3.05) is 0 Å². The molecule has 0 spiro atoms. The quantitative estimate of drug-likeness (QED) is 0.563. The summed E-state index contributed by atoms with van der Waals surface area (Å²) in [6, 6.07) is 0. The zero-order valence-corrected chi connectivity index (χ0v) is 14.4. The first-order chi connectivity index (χ1) is 8.56. The van der Waals surface area contributed by atoms with Crippen molar-refractivity contribution in [2.24, 2.45) is 45.3 Å². The van der Waals surface area contributed by atoms with Crippen LogP contribution in [0, 0.1) is 45.3 Å². The van der Waals surface area contributed by atoms with Crippen LogP contribution in [-0.4, -0.2) is 0 Å². The summed E-state index contributed by atoms with van der Waals surface area (Å²) in [4.78, 5) is 0. The maximum atomic E-state index is 2.64. The lowest BCUT2D eigenvalue weighted by Crippen LogP contribution is -2.63. The molecule has 0 amide bonds. The van der Waals surface area contributed by atoms with Crippen molar-refractivity contribution in [2.45, 2.75) is 74.7 Å². The summed E-state index contributed by atoms with van der Waals surface area (Å²) in [7, 11) is 0. The van der Waals surface area contributed by atoms with E-state index in [9.17, 15) is 0 Å². The molecular weight excluding hydrogens is 228 g/mol. The molecule has 0 aliphatic heterocycles. The highest BCUT2D eigenvalue weighted by atomic mass is 14.8. The minimum atomic E-state index is 0.516. The van der Waals surface area contributed by atoms with Crippen molar-refractivity contribution >= 4 is 0 Å². The molecule has 3 aliphatic carbocycles. The van der Waals surface area contributed by atoms with Crippen molar-refractivity contribution < 1.29 is 0 Å². The predicted octanol–water partition coefficient (Wildman–Crippen LogP) is 5.77. The van der Waals surface area contributed by atoms with Gasteiger partial charge in [-0.05, 0) is 58.2 Å². The summed E-state index contributed by atoms with van der Waals surface area (Å²) in [6.07, 6.45) is 4.30. The van der Waals surface area contributed by atoms with E-state index in [-0.39, 0.29) is 0 Å². The minimum absolute atomic E-state index is 0.516. The summed E-state index contributed by atoms with van der Waals surface area (Å²) in [5, 5.41) is 0. The molecule has 3 saturated carbocycles. The Morgan fingerprint density at radius 3 is 2.11 bits per heavy atom. The van der Waals surface area contributed by atoms with Crippen LogP contribution in [-0.2, 0) is 0 Å². The maximum Gasteiger partial charge on any atom is -0.0184 e. The molecule has 0 N–H and O–H groups in total. The molecule has 0 aromatic rings. The van der Waals surface area contributed by atoms with Gasteiger partial charge in [0.25, 0.3) is 0 Å². The molecule has 3 fully saturated rings. The molecular formula is C19H34. The lowest BCUT2D eigenvalue weighted by molar-refractivity contribution is -0.210. The highest BCUT2D eigenvalue weighted by Gasteiger charge is 2.79. The van der Waals surface area contributed by atoms with Gasteiger partial charge in [0.05, 0.1) is 0 Å². The van der Waals surface area contributed by atoms with Crippen molar-refractivity contribution in [3.63, 3.8) is 0 Å². The van der Waals surface area contributed by atoms with Gasteiger partial charge in [0, 0.05) is 0 Å². The predicted molar refractivity (Wildman–Crippen MR) is 82.9 cm³/mol. The van der Waals surface area contributed by atoms with Crippen LogP contribution in [0.3, 0.4) is 0 Å². The Bertz CT molecular complexity index is 408. The molecule has 110 valence electrons. The van der Waals surface area contributed by atoms with Gasteiger partial charge in [-0.25, -0.2) is 0 Å². The Labute approximate surface area is 120 Å². The standard InChI is InChI=1S/C19H34/c1-9-17(6)11-18(7)15(13(17)3)14-10-12(2)16(4,5)19(14,18)8/h12-15H,9-11H2,1-8H3. The Morgan fingerprint density at radius 2 is 1.58 bits per heavy atom. The molecule has 19 heavy (non-hydrogen) atoms. The maximum absolute atomic E-state index is 2.64. The van der Waals surface area contributed by atoms with E-state index in [1.54, 1.807) is 0 Å². The van der Waals surface area contributed by atoms with Crippen molar-refractivity contribution in [3.05, 3.63) is 0 Å². The molecule has 0 aromatic carbocycles. The third kappa shape index (κ3) is 1.16. The average Bonchev–Trinajstić information content (AvgIpc) is 2.61. The Morgan fingerprint density at radius 1 is 1.00 bits per heavy atom. The molecule has 0 nitrogen and oxygen atoms in total. The average molecular weight is 262 g/mol. The van der Waals surface area contributed by atoms with Crippen molar-refractivity contribution in [1.29, 1.82) is 0 Å². The fourth-order valence-corrected chi connectivity index (χ4v) is 7.34. The number of fused-ring (bicyclic) bond motifs is 4. The normalized spacial score (nSPS) is 62.5. The van der Waals surface area contributed by atoms with Crippen LogP contribution in [0.5, 0.6) is 0 Å². The third-order valence-electron chi connectivity index (χ3n) is 9.49. The lowest BCUT2D eigenvalue weighted by Gasteiger charge is -2.68. The summed E-state index contributed by atoms with van der Waals surface area (Å²) in [6.45, 7) is 20.5. The van der Waals surface area contributed by atoms with Crippen molar-refractivity contribution in [3.8, 4) is 0 Å². The molecule has 0 heterocycles. The first kappa shape index (κ1) is 14.0. The molecule has 0 heteroatoms. The SMILES string of the molecule is CCC1(C)CC2(C)C(C1C)C1CC(C)C(C)(C)C12C. The highest BCUT2D eigenvalue weighted by Crippen LogP contribution is 2.85. The lowest BCUT2D eigenvalue weighted by atomic mass is 9.36. The van der Waals surface area contributed by atoms with Crippen LogP contribution in [0.2, 0.25) is 0 Å². The molecule has 0 aromatic heterocycles. The Balaban J connectivity index is 2.06. The Hall–Kier alpha value is 0. The van der Waals surface area contributed by atoms with Crippen LogP contribution < -0.4 is 0 Å². The number of hydrogen-bond donors (Lipinski definition) is 0. The smallest absolute Gasteiger partial charge is 0.0184 e. The molecule has 0 saturated heterocycles. The van der Waals surface area contributed by atoms with E-state index < -0.39 is 0 Å². The first-order valence-corrected chi connectivity index (χ1v) is 8.56. The van der Waals surface area contributed by atoms with Gasteiger partial charge in [0.2, 0.25) is 0 Å². The van der Waals surface area contributed by atoms with Crippen LogP contribution >= 0.6 is 0 Å².